The molecule has 0 bridgehead atoms. The average molecular weight is 843 g/mol. The number of benzene rings is 5. The fourth-order valence-electron chi connectivity index (χ4n) is 7.78. The molecule has 0 amide bonds. The van der Waals surface area contributed by atoms with Gasteiger partial charge in [-0.1, -0.05) is 164 Å². The van der Waals surface area contributed by atoms with Crippen LogP contribution in [0.5, 0.6) is 0 Å². The molecule has 8 atom stereocenters. The Hall–Kier alpha value is -4.52. The van der Waals surface area contributed by atoms with Crippen molar-refractivity contribution < 1.29 is 42.6 Å². The van der Waals surface area contributed by atoms with E-state index in [0.717, 1.165) is 27.8 Å². The highest BCUT2D eigenvalue weighted by Gasteiger charge is 2.51. The second-order valence-electron chi connectivity index (χ2n) is 16.4. The van der Waals surface area contributed by atoms with Crippen molar-refractivity contribution in [1.29, 1.82) is 0 Å². The van der Waals surface area contributed by atoms with Gasteiger partial charge in [-0.05, 0) is 55.5 Å². The van der Waals surface area contributed by atoms with Crippen LogP contribution in [0.25, 0.3) is 0 Å². The van der Waals surface area contributed by atoms with Crippen molar-refractivity contribution in [3.05, 3.63) is 192 Å². The smallest absolute Gasteiger partial charge is 0.186 e. The first kappa shape index (κ1) is 45.5. The van der Waals surface area contributed by atoms with E-state index in [1.54, 1.807) is 0 Å². The standard InChI is InChI=1S/C53H62O9/c1-38(2)59-53(60-39(3)4)52-51(58-36-44-28-18-9-19-29-44)49(56-34-42-24-14-7-15-25-42)46(62-52)31-30-45-48(55-33-41-22-12-6-13-23-41)50(57-35-43-26-16-8-17-27-43)47(61-45)37-54-32-40-20-10-5-11-21-40/h5-31,38-39,45-53H,32-37H2,1-4H3/b31-30-/t45-,46-,47-,48-,49-,50-,51+,52+/m1/s1. The molecule has 9 nitrogen and oxygen atoms in total. The molecule has 2 aliphatic heterocycles. The van der Waals surface area contributed by atoms with Gasteiger partial charge in [0.2, 0.25) is 0 Å². The first-order chi connectivity index (χ1) is 30.4. The van der Waals surface area contributed by atoms with E-state index in [1.165, 1.54) is 0 Å². The molecular weight excluding hydrogens is 781 g/mol. The molecule has 5 aromatic carbocycles. The van der Waals surface area contributed by atoms with Gasteiger partial charge in [-0.25, -0.2) is 0 Å². The average Bonchev–Trinajstić information content (AvgIpc) is 3.82. The summed E-state index contributed by atoms with van der Waals surface area (Å²) in [4.78, 5) is 0. The van der Waals surface area contributed by atoms with E-state index in [0.29, 0.717) is 39.6 Å². The lowest BCUT2D eigenvalue weighted by atomic mass is 10.0. The minimum atomic E-state index is -0.719. The molecule has 0 unspecified atom stereocenters. The summed E-state index contributed by atoms with van der Waals surface area (Å²) >= 11 is 0. The zero-order valence-electron chi connectivity index (χ0n) is 36.4. The molecular formula is C53H62O9. The quantitative estimate of drug-likeness (QED) is 0.0472. The molecule has 0 aromatic heterocycles. The molecule has 2 saturated heterocycles. The van der Waals surface area contributed by atoms with E-state index in [9.17, 15) is 0 Å². The summed E-state index contributed by atoms with van der Waals surface area (Å²) < 4.78 is 60.3. The molecule has 0 radical (unpaired) electrons. The Kier molecular flexibility index (Phi) is 17.5. The Labute approximate surface area is 367 Å². The molecule has 2 fully saturated rings. The van der Waals surface area contributed by atoms with Crippen LogP contribution in [0, 0.1) is 0 Å². The normalized spacial score (nSPS) is 23.9. The van der Waals surface area contributed by atoms with Gasteiger partial charge in [-0.3, -0.25) is 0 Å². The first-order valence-corrected chi connectivity index (χ1v) is 21.9. The maximum atomic E-state index is 6.99. The topological polar surface area (TPSA) is 83.1 Å². The second-order valence-corrected chi connectivity index (χ2v) is 16.4. The summed E-state index contributed by atoms with van der Waals surface area (Å²) in [5.41, 5.74) is 5.28. The van der Waals surface area contributed by atoms with Gasteiger partial charge in [0.05, 0.1) is 51.8 Å². The van der Waals surface area contributed by atoms with Crippen LogP contribution in [0.3, 0.4) is 0 Å². The van der Waals surface area contributed by atoms with Crippen LogP contribution in [0.4, 0.5) is 0 Å². The van der Waals surface area contributed by atoms with E-state index < -0.39 is 55.1 Å². The lowest BCUT2D eigenvalue weighted by Crippen LogP contribution is -2.45. The lowest BCUT2D eigenvalue weighted by molar-refractivity contribution is -0.245. The zero-order valence-corrected chi connectivity index (χ0v) is 36.4. The van der Waals surface area contributed by atoms with Crippen molar-refractivity contribution in [3.63, 3.8) is 0 Å². The van der Waals surface area contributed by atoms with E-state index >= 15 is 0 Å². The van der Waals surface area contributed by atoms with Crippen molar-refractivity contribution >= 4 is 0 Å². The molecule has 0 saturated carbocycles. The van der Waals surface area contributed by atoms with E-state index in [4.69, 9.17) is 42.6 Å². The Morgan fingerprint density at radius 2 is 0.758 bits per heavy atom. The Bertz CT molecular complexity index is 1990. The highest BCUT2D eigenvalue weighted by Crippen LogP contribution is 2.35. The molecule has 2 heterocycles. The number of ether oxygens (including phenoxy) is 9. The third-order valence-electron chi connectivity index (χ3n) is 10.7. The van der Waals surface area contributed by atoms with Crippen LogP contribution in [-0.4, -0.2) is 73.9 Å². The summed E-state index contributed by atoms with van der Waals surface area (Å²) in [5.74, 6) is 0. The Morgan fingerprint density at radius 1 is 0.419 bits per heavy atom. The summed E-state index contributed by atoms with van der Waals surface area (Å²) in [6, 6.07) is 50.7. The van der Waals surface area contributed by atoms with Crippen LogP contribution in [0.15, 0.2) is 164 Å². The number of hydrogen-bond donors (Lipinski definition) is 0. The van der Waals surface area contributed by atoms with Gasteiger partial charge in [0, 0.05) is 0 Å². The molecule has 62 heavy (non-hydrogen) atoms. The molecule has 0 spiro atoms. The van der Waals surface area contributed by atoms with Crippen LogP contribution in [0.2, 0.25) is 0 Å². The first-order valence-electron chi connectivity index (χ1n) is 21.9. The SMILES string of the molecule is CC(C)OC(OC(C)C)[C@H]1O[C@H](/C=C\[C@H]2O[C@H](COCc3ccccc3)[C@@H](OCc3ccccc3)[C@@H]2OCc2ccccc2)[C@@H](OCc2ccccc2)[C@@H]1OCc1ccccc1. The minimum absolute atomic E-state index is 0.126. The summed E-state index contributed by atoms with van der Waals surface area (Å²) in [6.07, 6.45) is -1.03. The predicted molar refractivity (Wildman–Crippen MR) is 239 cm³/mol. The van der Waals surface area contributed by atoms with Crippen molar-refractivity contribution in [2.24, 2.45) is 0 Å². The maximum Gasteiger partial charge on any atom is 0.186 e. The molecule has 0 N–H and O–H groups in total. The van der Waals surface area contributed by atoms with Gasteiger partial charge in [-0.15, -0.1) is 0 Å². The fourth-order valence-corrected chi connectivity index (χ4v) is 7.78. The lowest BCUT2D eigenvalue weighted by Gasteiger charge is -2.31. The zero-order chi connectivity index (χ0) is 42.9. The van der Waals surface area contributed by atoms with Crippen LogP contribution in [0.1, 0.15) is 55.5 Å². The monoisotopic (exact) mass is 842 g/mol. The summed E-state index contributed by atoms with van der Waals surface area (Å²) in [7, 11) is 0. The molecule has 9 heteroatoms. The van der Waals surface area contributed by atoms with Crippen molar-refractivity contribution in [3.8, 4) is 0 Å². The Balaban J connectivity index is 1.20. The van der Waals surface area contributed by atoms with Gasteiger partial charge in [-0.2, -0.15) is 0 Å². The number of hydrogen-bond acceptors (Lipinski definition) is 9. The van der Waals surface area contributed by atoms with Gasteiger partial charge in [0.1, 0.15) is 48.8 Å². The highest BCUT2D eigenvalue weighted by atomic mass is 16.7. The second kappa shape index (κ2) is 23.8. The van der Waals surface area contributed by atoms with Crippen molar-refractivity contribution in [2.75, 3.05) is 6.61 Å². The molecule has 328 valence electrons. The minimum Gasteiger partial charge on any atom is -0.374 e. The van der Waals surface area contributed by atoms with Crippen molar-refractivity contribution in [1.82, 2.24) is 0 Å². The third kappa shape index (κ3) is 13.5. The Morgan fingerprint density at radius 3 is 1.16 bits per heavy atom. The largest absolute Gasteiger partial charge is 0.374 e. The van der Waals surface area contributed by atoms with Gasteiger partial charge in [0.25, 0.3) is 0 Å². The van der Waals surface area contributed by atoms with Gasteiger partial charge in [0.15, 0.2) is 6.29 Å². The predicted octanol–water partition coefficient (Wildman–Crippen LogP) is 9.81. The molecule has 2 aliphatic rings. The summed E-state index contributed by atoms with van der Waals surface area (Å²) in [5, 5.41) is 0. The third-order valence-corrected chi connectivity index (χ3v) is 10.7. The maximum absolute atomic E-state index is 6.99. The van der Waals surface area contributed by atoms with Gasteiger partial charge < -0.3 is 42.6 Å². The molecule has 5 aromatic rings. The van der Waals surface area contributed by atoms with Crippen LogP contribution >= 0.6 is 0 Å². The van der Waals surface area contributed by atoms with E-state index in [-0.39, 0.29) is 12.2 Å². The van der Waals surface area contributed by atoms with Crippen LogP contribution in [-0.2, 0) is 75.7 Å². The molecule has 7 rings (SSSR count). The van der Waals surface area contributed by atoms with Crippen LogP contribution < -0.4 is 0 Å². The molecule has 0 aliphatic carbocycles. The van der Waals surface area contributed by atoms with E-state index in [1.807, 2.05) is 131 Å². The van der Waals surface area contributed by atoms with Gasteiger partial charge >= 0.3 is 0 Å². The fraction of sp³-hybridized carbons (Fsp3) is 0.396. The highest BCUT2D eigenvalue weighted by molar-refractivity contribution is 5.19. The van der Waals surface area contributed by atoms with E-state index in [2.05, 4.69) is 60.7 Å². The summed E-state index contributed by atoms with van der Waals surface area (Å²) in [6.45, 7) is 10.2. The van der Waals surface area contributed by atoms with Crippen molar-refractivity contribution in [2.45, 2.75) is 128 Å². The number of rotatable bonds is 23.